The van der Waals surface area contributed by atoms with Crippen LogP contribution in [0.2, 0.25) is 0 Å². The van der Waals surface area contributed by atoms with Crippen molar-refractivity contribution in [3.63, 3.8) is 0 Å². The number of carboxylic acid groups (broad SMARTS) is 1. The Labute approximate surface area is 129 Å². The number of benzene rings is 1. The molecule has 0 spiro atoms. The molecule has 0 radical (unpaired) electrons. The van der Waals surface area contributed by atoms with Crippen LogP contribution >= 0.6 is 0 Å². The number of aryl methyl sites for hydroxylation is 1. The summed E-state index contributed by atoms with van der Waals surface area (Å²) in [7, 11) is 0. The van der Waals surface area contributed by atoms with Gasteiger partial charge in [0.15, 0.2) is 11.7 Å². The lowest BCUT2D eigenvalue weighted by atomic mass is 9.86. The quantitative estimate of drug-likeness (QED) is 0.900. The lowest BCUT2D eigenvalue weighted by Crippen LogP contribution is -2.29. The minimum absolute atomic E-state index is 0.171. The van der Waals surface area contributed by atoms with Crippen molar-refractivity contribution in [3.05, 3.63) is 36.4 Å². The van der Waals surface area contributed by atoms with E-state index in [1.165, 1.54) is 0 Å². The van der Waals surface area contributed by atoms with Crippen LogP contribution in [0.25, 0.3) is 11.3 Å². The van der Waals surface area contributed by atoms with Gasteiger partial charge in [-0.25, -0.2) is 4.98 Å². The van der Waals surface area contributed by atoms with E-state index in [1.54, 1.807) is 6.20 Å². The number of nitrogens with zero attached hydrogens (tertiary/aromatic N) is 1. The lowest BCUT2D eigenvalue weighted by molar-refractivity contribution is -0.142. The van der Waals surface area contributed by atoms with E-state index < -0.39 is 5.97 Å². The van der Waals surface area contributed by atoms with Crippen LogP contribution in [0.5, 0.6) is 0 Å². The number of hydrogen-bond donors (Lipinski definition) is 2. The average Bonchev–Trinajstić information content (AvgIpc) is 2.95. The molecular weight excluding hydrogens is 280 g/mol. The summed E-state index contributed by atoms with van der Waals surface area (Å²) >= 11 is 0. The van der Waals surface area contributed by atoms with Crippen LogP contribution in [-0.4, -0.2) is 22.1 Å². The third-order valence-corrected chi connectivity index (χ3v) is 4.24. The topological polar surface area (TPSA) is 75.4 Å². The Kier molecular flexibility index (Phi) is 4.13. The SMILES string of the molecule is Cc1ncc(-c2ccc(NC3CCC(C(=O)O)CC3)cc2)o1. The predicted molar refractivity (Wildman–Crippen MR) is 83.7 cm³/mol. The number of anilines is 1. The molecule has 1 aliphatic carbocycles. The Morgan fingerprint density at radius 3 is 2.45 bits per heavy atom. The van der Waals surface area contributed by atoms with Crippen molar-refractivity contribution in [3.8, 4) is 11.3 Å². The van der Waals surface area contributed by atoms with Crippen LogP contribution in [0.15, 0.2) is 34.9 Å². The molecule has 1 saturated carbocycles. The first kappa shape index (κ1) is 14.6. The normalized spacial score (nSPS) is 21.5. The van der Waals surface area contributed by atoms with Crippen molar-refractivity contribution < 1.29 is 14.3 Å². The zero-order chi connectivity index (χ0) is 15.5. The second kappa shape index (κ2) is 6.22. The van der Waals surface area contributed by atoms with Crippen LogP contribution in [0.3, 0.4) is 0 Å². The number of nitrogens with one attached hydrogen (secondary N) is 1. The van der Waals surface area contributed by atoms with Crippen molar-refractivity contribution in [1.82, 2.24) is 4.98 Å². The maximum absolute atomic E-state index is 11.0. The highest BCUT2D eigenvalue weighted by atomic mass is 16.4. The van der Waals surface area contributed by atoms with Gasteiger partial charge in [0, 0.05) is 24.2 Å². The fourth-order valence-electron chi connectivity index (χ4n) is 2.95. The zero-order valence-corrected chi connectivity index (χ0v) is 12.6. The summed E-state index contributed by atoms with van der Waals surface area (Å²) < 4.78 is 5.51. The summed E-state index contributed by atoms with van der Waals surface area (Å²) in [4.78, 5) is 15.1. The minimum atomic E-state index is -0.662. The molecule has 1 aliphatic rings. The van der Waals surface area contributed by atoms with Crippen molar-refractivity contribution in [2.45, 2.75) is 38.6 Å². The second-order valence-electron chi connectivity index (χ2n) is 5.85. The first-order chi connectivity index (χ1) is 10.6. The molecule has 0 atom stereocenters. The van der Waals surface area contributed by atoms with Gasteiger partial charge in [0.05, 0.1) is 12.1 Å². The van der Waals surface area contributed by atoms with Crippen LogP contribution < -0.4 is 5.32 Å². The highest BCUT2D eigenvalue weighted by Crippen LogP contribution is 2.28. The summed E-state index contributed by atoms with van der Waals surface area (Å²) in [6.45, 7) is 1.83. The van der Waals surface area contributed by atoms with Gasteiger partial charge in [-0.15, -0.1) is 0 Å². The zero-order valence-electron chi connectivity index (χ0n) is 12.6. The largest absolute Gasteiger partial charge is 0.481 e. The van der Waals surface area contributed by atoms with E-state index in [0.717, 1.165) is 42.7 Å². The number of aromatic nitrogens is 1. The Morgan fingerprint density at radius 2 is 1.91 bits per heavy atom. The number of oxazole rings is 1. The van der Waals surface area contributed by atoms with E-state index in [4.69, 9.17) is 9.52 Å². The van der Waals surface area contributed by atoms with Crippen LogP contribution in [-0.2, 0) is 4.79 Å². The van der Waals surface area contributed by atoms with E-state index in [-0.39, 0.29) is 5.92 Å². The van der Waals surface area contributed by atoms with Gasteiger partial charge in [-0.05, 0) is 49.9 Å². The van der Waals surface area contributed by atoms with Gasteiger partial charge < -0.3 is 14.8 Å². The summed E-state index contributed by atoms with van der Waals surface area (Å²) in [5.41, 5.74) is 2.06. The Hall–Kier alpha value is -2.30. The number of hydrogen-bond acceptors (Lipinski definition) is 4. The van der Waals surface area contributed by atoms with Gasteiger partial charge in [-0.3, -0.25) is 4.79 Å². The maximum atomic E-state index is 11.0. The molecular formula is C17H20N2O3. The fourth-order valence-corrected chi connectivity index (χ4v) is 2.95. The molecule has 116 valence electrons. The van der Waals surface area contributed by atoms with E-state index in [2.05, 4.69) is 10.3 Å². The molecule has 5 nitrogen and oxygen atoms in total. The molecule has 5 heteroatoms. The highest BCUT2D eigenvalue weighted by Gasteiger charge is 2.25. The molecule has 1 aromatic heterocycles. The van der Waals surface area contributed by atoms with Crippen molar-refractivity contribution in [2.24, 2.45) is 5.92 Å². The molecule has 3 rings (SSSR count). The Balaban J connectivity index is 1.59. The van der Waals surface area contributed by atoms with Gasteiger partial charge in [-0.1, -0.05) is 0 Å². The van der Waals surface area contributed by atoms with Crippen LogP contribution in [0.1, 0.15) is 31.6 Å². The van der Waals surface area contributed by atoms with E-state index in [9.17, 15) is 4.79 Å². The fraction of sp³-hybridized carbons (Fsp3) is 0.412. The standard InChI is InChI=1S/C17H20N2O3/c1-11-18-10-16(22-11)12-2-6-14(7-3-12)19-15-8-4-13(5-9-15)17(20)21/h2-3,6-7,10,13,15,19H,4-5,8-9H2,1H3,(H,20,21). The number of carboxylic acids is 1. The Bertz CT molecular complexity index is 640. The van der Waals surface area contributed by atoms with Gasteiger partial charge in [0.25, 0.3) is 0 Å². The maximum Gasteiger partial charge on any atom is 0.306 e. The van der Waals surface area contributed by atoms with Crippen LogP contribution in [0, 0.1) is 12.8 Å². The highest BCUT2D eigenvalue weighted by molar-refractivity contribution is 5.70. The smallest absolute Gasteiger partial charge is 0.306 e. The molecule has 2 N–H and O–H groups in total. The predicted octanol–water partition coefficient (Wildman–Crippen LogP) is 3.71. The molecule has 2 aromatic rings. The first-order valence-corrected chi connectivity index (χ1v) is 7.64. The first-order valence-electron chi connectivity index (χ1n) is 7.64. The van der Waals surface area contributed by atoms with Gasteiger partial charge in [-0.2, -0.15) is 0 Å². The van der Waals surface area contributed by atoms with Crippen molar-refractivity contribution >= 4 is 11.7 Å². The second-order valence-corrected chi connectivity index (χ2v) is 5.85. The summed E-state index contributed by atoms with van der Waals surface area (Å²) in [6.07, 6.45) is 5.04. The molecule has 0 bridgehead atoms. The lowest BCUT2D eigenvalue weighted by Gasteiger charge is -2.27. The average molecular weight is 300 g/mol. The summed E-state index contributed by atoms with van der Waals surface area (Å²) in [6, 6.07) is 8.41. The monoisotopic (exact) mass is 300 g/mol. The summed E-state index contributed by atoms with van der Waals surface area (Å²) in [5.74, 6) is 0.596. The van der Waals surface area contributed by atoms with E-state index in [1.807, 2.05) is 31.2 Å². The van der Waals surface area contributed by atoms with Gasteiger partial charge in [0.2, 0.25) is 0 Å². The molecule has 0 saturated heterocycles. The third kappa shape index (κ3) is 3.30. The minimum Gasteiger partial charge on any atom is -0.481 e. The number of aliphatic carboxylic acids is 1. The van der Waals surface area contributed by atoms with Gasteiger partial charge in [0.1, 0.15) is 0 Å². The molecule has 0 amide bonds. The van der Waals surface area contributed by atoms with Crippen molar-refractivity contribution in [1.29, 1.82) is 0 Å². The number of rotatable bonds is 4. The molecule has 1 aromatic carbocycles. The molecule has 0 aliphatic heterocycles. The molecule has 22 heavy (non-hydrogen) atoms. The van der Waals surface area contributed by atoms with Gasteiger partial charge >= 0.3 is 5.97 Å². The molecule has 1 heterocycles. The summed E-state index contributed by atoms with van der Waals surface area (Å²) in [5, 5.41) is 12.5. The number of carbonyl (C=O) groups is 1. The Morgan fingerprint density at radius 1 is 1.23 bits per heavy atom. The van der Waals surface area contributed by atoms with E-state index in [0.29, 0.717) is 11.9 Å². The van der Waals surface area contributed by atoms with E-state index >= 15 is 0 Å². The molecule has 0 unspecified atom stereocenters. The van der Waals surface area contributed by atoms with Crippen LogP contribution in [0.4, 0.5) is 5.69 Å². The molecule has 1 fully saturated rings. The third-order valence-electron chi connectivity index (χ3n) is 4.24. The van der Waals surface area contributed by atoms with Crippen molar-refractivity contribution in [2.75, 3.05) is 5.32 Å².